The smallest absolute Gasteiger partial charge is 0.342 e. The molecule has 21 atom stereocenters. The molecule has 2 N–H and O–H groups in total. The molecule has 24 heteroatoms. The average molecular weight is 1440 g/mol. The van der Waals surface area contributed by atoms with Crippen molar-refractivity contribution in [2.45, 2.75) is 263 Å². The second-order valence-electron chi connectivity index (χ2n) is 30.9. The highest BCUT2D eigenvalue weighted by molar-refractivity contribution is 6.39. The monoisotopic (exact) mass is 1440 g/mol. The highest BCUT2D eigenvalue weighted by Crippen LogP contribution is 2.63. The number of hydrogen-bond acceptors (Lipinski definition) is 23. The minimum absolute atomic E-state index is 0.0106. The topological polar surface area (TPSA) is 320 Å². The first-order valence-electron chi connectivity index (χ1n) is 37.0. The zero-order chi connectivity index (χ0) is 75.2. The van der Waals surface area contributed by atoms with Gasteiger partial charge < -0.3 is 66.9 Å². The van der Waals surface area contributed by atoms with Crippen molar-refractivity contribution in [2.24, 2.45) is 46.8 Å². The van der Waals surface area contributed by atoms with Gasteiger partial charge >= 0.3 is 29.8 Å². The Morgan fingerprint density at radius 2 is 1.51 bits per heavy atom. The molecule has 568 valence electrons. The fourth-order valence-corrected chi connectivity index (χ4v) is 17.7. The molecule has 2 unspecified atom stereocenters. The van der Waals surface area contributed by atoms with Crippen LogP contribution in [0.25, 0.3) is 0 Å². The molecule has 4 aliphatic carbocycles. The van der Waals surface area contributed by atoms with Gasteiger partial charge in [0.15, 0.2) is 17.3 Å². The Balaban J connectivity index is 0.860. The summed E-state index contributed by atoms with van der Waals surface area (Å²) in [4.78, 5) is 142. The number of allylic oxidation sites excluding steroid dienone is 7. The fourth-order valence-electron chi connectivity index (χ4n) is 17.7. The molecule has 1 amide bonds. The van der Waals surface area contributed by atoms with Crippen molar-refractivity contribution in [3.63, 3.8) is 0 Å². The van der Waals surface area contributed by atoms with Crippen LogP contribution in [0.15, 0.2) is 69.4 Å². The molecule has 103 heavy (non-hydrogen) atoms. The van der Waals surface area contributed by atoms with E-state index >= 15 is 0 Å². The van der Waals surface area contributed by atoms with Crippen molar-refractivity contribution in [3.8, 4) is 0 Å². The van der Waals surface area contributed by atoms with Crippen molar-refractivity contribution in [3.05, 3.63) is 81.9 Å². The number of aliphatic hydroxyl groups excluding tert-OH is 1. The quantitative estimate of drug-likeness (QED) is 0.0937. The van der Waals surface area contributed by atoms with Crippen molar-refractivity contribution in [1.29, 1.82) is 0 Å². The highest BCUT2D eigenvalue weighted by Gasteiger charge is 2.65. The summed E-state index contributed by atoms with van der Waals surface area (Å²) >= 11 is 0. The minimum Gasteiger partial charge on any atom is -0.462 e. The average Bonchev–Trinajstić information content (AvgIpc) is 1.63. The first-order chi connectivity index (χ1) is 48.8. The lowest BCUT2D eigenvalue weighted by atomic mass is 9.54. The zero-order valence-electron chi connectivity index (χ0n) is 62.5. The van der Waals surface area contributed by atoms with Crippen LogP contribution in [0.5, 0.6) is 0 Å². The number of nitrogens with zero attached hydrogens (tertiary/aromatic N) is 1. The maximum Gasteiger partial charge on any atom is 0.342 e. The zero-order valence-corrected chi connectivity index (χ0v) is 62.5. The Bertz CT molecular complexity index is 3500. The van der Waals surface area contributed by atoms with Gasteiger partial charge in [-0.2, -0.15) is 0 Å². The van der Waals surface area contributed by atoms with E-state index in [1.165, 1.54) is 34.5 Å². The second kappa shape index (κ2) is 34.2. The normalized spacial score (nSPS) is 36.3. The maximum atomic E-state index is 14.8. The predicted octanol–water partition coefficient (Wildman–Crippen LogP) is 9.79. The van der Waals surface area contributed by atoms with Crippen LogP contribution in [-0.2, 0) is 91.1 Å². The predicted molar refractivity (Wildman–Crippen MR) is 372 cm³/mol. The molecule has 0 aromatic carbocycles. The summed E-state index contributed by atoms with van der Waals surface area (Å²) in [7, 11) is 5.92. The Labute approximate surface area is 604 Å². The molecular formula is C79H109NO23. The minimum atomic E-state index is -2.50. The molecule has 2 saturated carbocycles. The van der Waals surface area contributed by atoms with Gasteiger partial charge in [-0.3, -0.25) is 38.4 Å². The Hall–Kier alpha value is -6.80. The number of hydrogen-bond donors (Lipinski definition) is 2. The molecule has 5 heterocycles. The van der Waals surface area contributed by atoms with E-state index < -0.39 is 166 Å². The second-order valence-corrected chi connectivity index (χ2v) is 30.9. The number of esters is 5. The Morgan fingerprint density at radius 1 is 0.786 bits per heavy atom. The number of rotatable bonds is 15. The number of methoxy groups -OCH3 is 4. The van der Waals surface area contributed by atoms with Crippen molar-refractivity contribution < 1.29 is 110 Å². The lowest BCUT2D eigenvalue weighted by Crippen LogP contribution is -2.61. The van der Waals surface area contributed by atoms with E-state index in [0.717, 1.165) is 10.5 Å². The number of Topliss-reactive ketones (excluding diaryl/α,β-unsaturated/α-hetero) is 4. The molecular weight excluding hydrogens is 1330 g/mol. The van der Waals surface area contributed by atoms with Gasteiger partial charge in [-0.15, -0.1) is 0 Å². The van der Waals surface area contributed by atoms with Gasteiger partial charge in [0.25, 0.3) is 11.7 Å². The molecule has 0 radical (unpaired) electrons. The van der Waals surface area contributed by atoms with Gasteiger partial charge in [0.2, 0.25) is 11.6 Å². The summed E-state index contributed by atoms with van der Waals surface area (Å²) in [6.45, 7) is 17.5. The summed E-state index contributed by atoms with van der Waals surface area (Å²) in [5, 5.41) is 23.8. The molecule has 0 spiro atoms. The number of carbonyl (C=O) groups excluding carboxylic acids is 10. The third-order valence-corrected chi connectivity index (χ3v) is 23.7. The number of ether oxygens (including phenoxy) is 10. The summed E-state index contributed by atoms with van der Waals surface area (Å²) in [5.41, 5.74) is 0.455. The van der Waals surface area contributed by atoms with Gasteiger partial charge in [-0.25, -0.2) is 9.59 Å². The van der Waals surface area contributed by atoms with Crippen LogP contribution >= 0.6 is 0 Å². The van der Waals surface area contributed by atoms with Crippen LogP contribution < -0.4 is 0 Å². The van der Waals surface area contributed by atoms with Crippen molar-refractivity contribution >= 4 is 58.9 Å². The first kappa shape index (κ1) is 80.3. The SMILES string of the molecule is COC[C@H]1OC(=O)c2coc3c2[C@@]1(C)C1=C(C3=O)C2CC[C@H](OC(=O)CCCC(=O)O[C@@H]3CC[C@@H](C[C@@H](C)[C@@H]4CC(=O)C(C)=CC(C)[C@@H](O)[C@@H](OC)C(=O)[C@H](C)C[C@H](C)C=CC=CC=C(C)[C@@H](OC)C[C@@H]5CC[C@@H](C)[C@@](O)(O5)C(=O)C(=O)N5CCCC[C@H]5C(=O)O4)C[C@H]3OC)[C@@]2(C)C[C@H]1OC(C)=O. The van der Waals surface area contributed by atoms with E-state index in [-0.39, 0.29) is 92.6 Å². The van der Waals surface area contributed by atoms with Gasteiger partial charge in [-0.1, -0.05) is 78.0 Å². The third-order valence-electron chi connectivity index (χ3n) is 23.7. The summed E-state index contributed by atoms with van der Waals surface area (Å²) < 4.78 is 65.7. The molecule has 1 aromatic rings. The summed E-state index contributed by atoms with van der Waals surface area (Å²) in [6, 6.07) is -1.24. The van der Waals surface area contributed by atoms with Gasteiger partial charge in [0.1, 0.15) is 54.5 Å². The van der Waals surface area contributed by atoms with Crippen LogP contribution in [0.1, 0.15) is 211 Å². The highest BCUT2D eigenvalue weighted by atomic mass is 16.6. The van der Waals surface area contributed by atoms with Crippen LogP contribution in [0.2, 0.25) is 0 Å². The van der Waals surface area contributed by atoms with Crippen molar-refractivity contribution in [2.75, 3.05) is 41.6 Å². The third kappa shape index (κ3) is 17.2. The van der Waals surface area contributed by atoms with E-state index in [4.69, 9.17) is 51.8 Å². The number of carbonyl (C=O) groups is 10. The fraction of sp³-hybridized carbons (Fsp3) is 0.696. The van der Waals surface area contributed by atoms with Crippen LogP contribution in [-0.4, -0.2) is 188 Å². The molecule has 4 fully saturated rings. The van der Waals surface area contributed by atoms with Gasteiger partial charge in [0, 0.05) is 102 Å². The van der Waals surface area contributed by atoms with Crippen LogP contribution in [0.4, 0.5) is 0 Å². The van der Waals surface area contributed by atoms with Crippen LogP contribution in [0.3, 0.4) is 0 Å². The molecule has 9 rings (SSSR count). The van der Waals surface area contributed by atoms with Gasteiger partial charge in [0.05, 0.1) is 36.4 Å². The number of aliphatic hydroxyl groups is 2. The molecule has 4 aliphatic heterocycles. The van der Waals surface area contributed by atoms with Gasteiger partial charge in [-0.05, 0) is 151 Å². The van der Waals surface area contributed by atoms with E-state index in [1.807, 2.05) is 65.0 Å². The molecule has 2 bridgehead atoms. The van der Waals surface area contributed by atoms with E-state index in [1.54, 1.807) is 40.9 Å². The largest absolute Gasteiger partial charge is 0.462 e. The van der Waals surface area contributed by atoms with E-state index in [0.29, 0.717) is 87.3 Å². The summed E-state index contributed by atoms with van der Waals surface area (Å²) in [5.74, 6) is -12.2. The van der Waals surface area contributed by atoms with E-state index in [9.17, 15) is 58.2 Å². The van der Waals surface area contributed by atoms with Crippen LogP contribution in [0, 0.1) is 46.8 Å². The molecule has 24 nitrogen and oxygen atoms in total. The number of amides is 1. The number of ketones is 4. The van der Waals surface area contributed by atoms with E-state index in [2.05, 4.69) is 0 Å². The van der Waals surface area contributed by atoms with Crippen molar-refractivity contribution in [1.82, 2.24) is 4.90 Å². The number of fused-ring (bicyclic) bond motifs is 6. The number of cyclic esters (lactones) is 2. The maximum absolute atomic E-state index is 14.8. The lowest BCUT2D eigenvalue weighted by molar-refractivity contribution is -0.265. The molecule has 1 aromatic heterocycles. The Kier molecular flexibility index (Phi) is 26.7. The Morgan fingerprint density at radius 3 is 2.20 bits per heavy atom. The molecule has 2 saturated heterocycles. The number of furan rings is 1. The first-order valence-corrected chi connectivity index (χ1v) is 37.0. The standard InChI is InChI=1S/C79H109NO23/c1-42-21-16-15-17-22-43(2)57(94-12)37-51-28-26-48(7)79(92,103-51)73(88)74(89)80-32-19-18-23-54(80)76(91)100-58(38-55(82)44(3)34-47(6)69(86)72(96-14)68(85)46(5)33-42)45(4)35-50-27-30-56(59(36-50)95-13)99-63(83)24-20-25-64(84)101-61-31-29-53-65-67(60(98-49(8)81)39-77(53,61)9)78(10)62(41-93-11)102-75(90)52-40-97-71(66(52)78)70(65)87/h15-17,21-22,34,40,42,45-48,50-51,53-54,56-62,69,72,86,92H,18-20,23-33,35-39,41H2,1-14H3/t42-,45-,46-,47?,48-,50+,51+,53?,54+,56-,57+,58+,59-,60-,61+,62-,69-,72+,77+,78+,79-/m1/s1. The lowest BCUT2D eigenvalue weighted by Gasteiger charge is -2.52. The number of piperidine rings is 1. The molecule has 8 aliphatic rings. The summed E-state index contributed by atoms with van der Waals surface area (Å²) in [6.07, 6.45) is 8.89.